The van der Waals surface area contributed by atoms with Crippen LogP contribution in [-0.4, -0.2) is 4.98 Å². The van der Waals surface area contributed by atoms with E-state index in [1.54, 1.807) is 0 Å². The van der Waals surface area contributed by atoms with E-state index in [-0.39, 0.29) is 5.82 Å². The molecule has 1 aliphatic rings. The number of halogens is 1. The Balaban J connectivity index is 1.52. The predicted octanol–water partition coefficient (Wildman–Crippen LogP) is 7.33. The molecule has 2 aromatic heterocycles. The summed E-state index contributed by atoms with van der Waals surface area (Å²) in [4.78, 5) is 7.58. The largest absolute Gasteiger partial charge is 0.255 e. The Labute approximate surface area is 174 Å². The van der Waals surface area contributed by atoms with E-state index in [1.165, 1.54) is 44.1 Å². The molecule has 144 valence electrons. The van der Waals surface area contributed by atoms with Gasteiger partial charge >= 0.3 is 0 Å². The number of aromatic nitrogens is 1. The average Bonchev–Trinajstić information content (AvgIpc) is 3.44. The van der Waals surface area contributed by atoms with Gasteiger partial charge in [-0.3, -0.25) is 4.98 Å². The third kappa shape index (κ3) is 3.40. The number of fused-ring (bicyclic) bond motifs is 1. The smallest absolute Gasteiger partial charge is 0.123 e. The first-order chi connectivity index (χ1) is 14.2. The quantitative estimate of drug-likeness (QED) is 0.350. The van der Waals surface area contributed by atoms with Crippen molar-refractivity contribution in [1.82, 2.24) is 4.98 Å². The maximum atomic E-state index is 13.3. The average molecular weight is 400 g/mol. The van der Waals surface area contributed by atoms with Crippen molar-refractivity contribution < 1.29 is 4.39 Å². The van der Waals surface area contributed by atoms with E-state index in [9.17, 15) is 4.39 Å². The van der Waals surface area contributed by atoms with Crippen molar-refractivity contribution in [2.24, 2.45) is 0 Å². The van der Waals surface area contributed by atoms with Gasteiger partial charge in [0.05, 0.1) is 5.69 Å². The molecule has 2 aromatic carbocycles. The molecule has 1 nitrogen and oxygen atoms in total. The zero-order valence-electron chi connectivity index (χ0n) is 16.4. The van der Waals surface area contributed by atoms with Gasteiger partial charge in [0.25, 0.3) is 0 Å². The summed E-state index contributed by atoms with van der Waals surface area (Å²) in [6, 6.07) is 20.0. The lowest BCUT2D eigenvalue weighted by molar-refractivity contribution is 0.628. The van der Waals surface area contributed by atoms with Crippen molar-refractivity contribution in [1.29, 1.82) is 0 Å². The molecule has 0 unspecified atom stereocenters. The third-order valence-corrected chi connectivity index (χ3v) is 7.04. The van der Waals surface area contributed by atoms with Crippen molar-refractivity contribution in [3.8, 4) is 32.8 Å². The number of benzene rings is 2. The summed E-state index contributed by atoms with van der Waals surface area (Å²) < 4.78 is 13.3. The Morgan fingerprint density at radius 3 is 2.24 bits per heavy atom. The fraction of sp³-hybridized carbons (Fsp3) is 0.192. The van der Waals surface area contributed by atoms with Crippen LogP contribution in [0, 0.1) is 5.82 Å². The lowest BCUT2D eigenvalue weighted by Gasteiger charge is -2.13. The lowest BCUT2D eigenvalue weighted by Crippen LogP contribution is -1.96. The molecule has 0 radical (unpaired) electrons. The third-order valence-electron chi connectivity index (χ3n) is 5.76. The molecule has 0 fully saturated rings. The number of hydrogen-bond acceptors (Lipinski definition) is 2. The summed E-state index contributed by atoms with van der Waals surface area (Å²) in [6.45, 7) is 2.19. The highest BCUT2D eigenvalue weighted by Gasteiger charge is 2.21. The van der Waals surface area contributed by atoms with Crippen LogP contribution >= 0.6 is 11.3 Å². The van der Waals surface area contributed by atoms with Crippen LogP contribution in [-0.2, 0) is 19.3 Å². The molecule has 29 heavy (non-hydrogen) atoms. The molecule has 0 saturated heterocycles. The van der Waals surface area contributed by atoms with Crippen LogP contribution in [0.4, 0.5) is 4.39 Å². The summed E-state index contributed by atoms with van der Waals surface area (Å²) in [6.07, 6.45) is 6.31. The van der Waals surface area contributed by atoms with E-state index in [0.29, 0.717) is 0 Å². The van der Waals surface area contributed by atoms with E-state index in [0.717, 1.165) is 42.5 Å². The molecule has 0 N–H and O–H groups in total. The number of pyridine rings is 1. The van der Waals surface area contributed by atoms with Crippen LogP contribution in [0.5, 0.6) is 0 Å². The first-order valence-electron chi connectivity index (χ1n) is 10.2. The minimum Gasteiger partial charge on any atom is -0.255 e. The van der Waals surface area contributed by atoms with Crippen LogP contribution < -0.4 is 0 Å². The van der Waals surface area contributed by atoms with E-state index >= 15 is 0 Å². The van der Waals surface area contributed by atoms with E-state index in [2.05, 4.69) is 43.3 Å². The van der Waals surface area contributed by atoms with Crippen molar-refractivity contribution in [3.63, 3.8) is 0 Å². The van der Waals surface area contributed by atoms with Crippen LogP contribution in [0.25, 0.3) is 32.8 Å². The summed E-state index contributed by atoms with van der Waals surface area (Å²) in [5, 5.41) is 0. The number of aryl methyl sites for hydroxylation is 1. The van der Waals surface area contributed by atoms with Crippen molar-refractivity contribution in [3.05, 3.63) is 88.7 Å². The van der Waals surface area contributed by atoms with Gasteiger partial charge in [-0.1, -0.05) is 43.3 Å². The maximum Gasteiger partial charge on any atom is 0.123 e. The van der Waals surface area contributed by atoms with Gasteiger partial charge in [0.15, 0.2) is 0 Å². The second-order valence-electron chi connectivity index (χ2n) is 7.53. The highest BCUT2D eigenvalue weighted by Crippen LogP contribution is 2.38. The standard InChI is InChI=1S/C26H22FNS/c1-2-21-14-15-25(29-21)18-6-8-19(9-7-18)26-23-5-3-4-22(23)24(16-28-26)17-10-12-20(27)13-11-17/h6-16H,2-5H2,1H3. The van der Waals surface area contributed by atoms with Gasteiger partial charge < -0.3 is 0 Å². The second-order valence-corrected chi connectivity index (χ2v) is 8.70. The van der Waals surface area contributed by atoms with Crippen LogP contribution in [0.3, 0.4) is 0 Å². The van der Waals surface area contributed by atoms with Gasteiger partial charge in [0.2, 0.25) is 0 Å². The number of thiophene rings is 1. The lowest BCUT2D eigenvalue weighted by atomic mass is 9.95. The minimum absolute atomic E-state index is 0.202. The molecule has 5 rings (SSSR count). The molecule has 2 heterocycles. The molecule has 0 saturated carbocycles. The Morgan fingerprint density at radius 1 is 0.828 bits per heavy atom. The first-order valence-corrected chi connectivity index (χ1v) is 11.0. The Morgan fingerprint density at radius 2 is 1.52 bits per heavy atom. The fourth-order valence-corrected chi connectivity index (χ4v) is 5.18. The molecule has 4 aromatic rings. The van der Waals surface area contributed by atoms with E-state index < -0.39 is 0 Å². The maximum absolute atomic E-state index is 13.3. The van der Waals surface area contributed by atoms with Gasteiger partial charge in [0, 0.05) is 27.1 Å². The fourth-order valence-electron chi connectivity index (χ4n) is 4.23. The number of hydrogen-bond donors (Lipinski definition) is 0. The molecular formula is C26H22FNS. The Hall–Kier alpha value is -2.78. The molecular weight excluding hydrogens is 377 g/mol. The molecule has 0 spiro atoms. The summed E-state index contributed by atoms with van der Waals surface area (Å²) in [5.41, 5.74) is 8.44. The van der Waals surface area contributed by atoms with Gasteiger partial charge in [-0.2, -0.15) is 0 Å². The zero-order valence-corrected chi connectivity index (χ0v) is 17.2. The van der Waals surface area contributed by atoms with Gasteiger partial charge in [-0.05, 0) is 72.2 Å². The summed E-state index contributed by atoms with van der Waals surface area (Å²) >= 11 is 1.87. The zero-order chi connectivity index (χ0) is 19.8. The molecule has 3 heteroatoms. The van der Waals surface area contributed by atoms with E-state index in [4.69, 9.17) is 4.98 Å². The van der Waals surface area contributed by atoms with Gasteiger partial charge in [0.1, 0.15) is 5.82 Å². The number of nitrogens with zero attached hydrogens (tertiary/aromatic N) is 1. The first kappa shape index (κ1) is 18.3. The minimum atomic E-state index is -0.202. The van der Waals surface area contributed by atoms with Gasteiger partial charge in [-0.25, -0.2) is 4.39 Å². The topological polar surface area (TPSA) is 12.9 Å². The highest BCUT2D eigenvalue weighted by molar-refractivity contribution is 7.15. The van der Waals surface area contributed by atoms with Gasteiger partial charge in [-0.15, -0.1) is 11.3 Å². The summed E-state index contributed by atoms with van der Waals surface area (Å²) in [5.74, 6) is -0.202. The second kappa shape index (κ2) is 7.57. The molecule has 0 atom stereocenters. The molecule has 0 amide bonds. The number of rotatable bonds is 4. The van der Waals surface area contributed by atoms with E-state index in [1.807, 2.05) is 29.7 Å². The Kier molecular flexibility index (Phi) is 4.76. The van der Waals surface area contributed by atoms with Crippen molar-refractivity contribution in [2.45, 2.75) is 32.6 Å². The normalized spacial score (nSPS) is 12.9. The summed E-state index contributed by atoms with van der Waals surface area (Å²) in [7, 11) is 0. The molecule has 0 bridgehead atoms. The van der Waals surface area contributed by atoms with Crippen molar-refractivity contribution >= 4 is 11.3 Å². The van der Waals surface area contributed by atoms with Crippen LogP contribution in [0.1, 0.15) is 29.3 Å². The van der Waals surface area contributed by atoms with Crippen LogP contribution in [0.15, 0.2) is 66.9 Å². The van der Waals surface area contributed by atoms with Crippen molar-refractivity contribution in [2.75, 3.05) is 0 Å². The molecule has 1 aliphatic carbocycles. The Bertz CT molecular complexity index is 1160. The monoisotopic (exact) mass is 399 g/mol. The molecule has 0 aliphatic heterocycles. The SMILES string of the molecule is CCc1ccc(-c2ccc(-c3ncc(-c4ccc(F)cc4)c4c3CCC4)cc2)s1. The predicted molar refractivity (Wildman–Crippen MR) is 120 cm³/mol. The van der Waals surface area contributed by atoms with Crippen LogP contribution in [0.2, 0.25) is 0 Å². The highest BCUT2D eigenvalue weighted by atomic mass is 32.1.